The molecular weight excluding hydrogens is 228 g/mol. The van der Waals surface area contributed by atoms with Gasteiger partial charge in [0.15, 0.2) is 5.78 Å². The number of rotatable bonds is 4. The summed E-state index contributed by atoms with van der Waals surface area (Å²) in [6.07, 6.45) is 3.82. The molecule has 0 heterocycles. The van der Waals surface area contributed by atoms with Crippen LogP contribution in [0.25, 0.3) is 5.57 Å². The Bertz CT molecular complexity index is 474. The number of ketones is 1. The second-order valence-corrected chi connectivity index (χ2v) is 4.61. The van der Waals surface area contributed by atoms with Gasteiger partial charge in [-0.15, -0.1) is 0 Å². The standard InChI is InChI=1S/C15H16O3/c16-14-10-13(11-4-2-1-3-5-11)7-6-12(14)8-9-15(17)18/h1-5,10,12H,6-9H2,(H,17,18). The summed E-state index contributed by atoms with van der Waals surface area (Å²) in [5, 5.41) is 8.63. The molecule has 1 atom stereocenters. The molecular formula is C15H16O3. The van der Waals surface area contributed by atoms with Crippen LogP contribution in [0.3, 0.4) is 0 Å². The molecule has 0 amide bonds. The van der Waals surface area contributed by atoms with Crippen molar-refractivity contribution in [1.82, 2.24) is 0 Å². The quantitative estimate of drug-likeness (QED) is 0.886. The van der Waals surface area contributed by atoms with Crippen LogP contribution in [0, 0.1) is 5.92 Å². The highest BCUT2D eigenvalue weighted by molar-refractivity contribution is 6.00. The van der Waals surface area contributed by atoms with Crippen LogP contribution in [0.2, 0.25) is 0 Å². The van der Waals surface area contributed by atoms with Gasteiger partial charge in [0.1, 0.15) is 0 Å². The summed E-state index contributed by atoms with van der Waals surface area (Å²) >= 11 is 0. The van der Waals surface area contributed by atoms with Crippen molar-refractivity contribution >= 4 is 17.3 Å². The van der Waals surface area contributed by atoms with Gasteiger partial charge in [-0.25, -0.2) is 0 Å². The fourth-order valence-electron chi connectivity index (χ4n) is 2.30. The van der Waals surface area contributed by atoms with E-state index in [9.17, 15) is 9.59 Å². The zero-order valence-electron chi connectivity index (χ0n) is 10.1. The van der Waals surface area contributed by atoms with Crippen LogP contribution in [0.4, 0.5) is 0 Å². The lowest BCUT2D eigenvalue weighted by atomic mass is 9.83. The van der Waals surface area contributed by atoms with Crippen LogP contribution in [0.15, 0.2) is 36.4 Å². The maximum absolute atomic E-state index is 11.9. The third kappa shape index (κ3) is 3.06. The predicted octanol–water partition coefficient (Wildman–Crippen LogP) is 2.91. The topological polar surface area (TPSA) is 54.4 Å². The molecule has 0 aromatic heterocycles. The van der Waals surface area contributed by atoms with E-state index in [1.54, 1.807) is 6.08 Å². The monoisotopic (exact) mass is 244 g/mol. The molecule has 1 N–H and O–H groups in total. The Kier molecular flexibility index (Phi) is 3.92. The van der Waals surface area contributed by atoms with Crippen molar-refractivity contribution in [1.29, 1.82) is 0 Å². The Balaban J connectivity index is 2.05. The molecule has 18 heavy (non-hydrogen) atoms. The Labute approximate surface area is 106 Å². The van der Waals surface area contributed by atoms with Gasteiger partial charge in [0.2, 0.25) is 0 Å². The minimum Gasteiger partial charge on any atom is -0.481 e. The van der Waals surface area contributed by atoms with Gasteiger partial charge in [-0.05, 0) is 36.5 Å². The van der Waals surface area contributed by atoms with Crippen LogP contribution in [-0.4, -0.2) is 16.9 Å². The van der Waals surface area contributed by atoms with E-state index in [1.165, 1.54) is 0 Å². The van der Waals surface area contributed by atoms with Gasteiger partial charge in [-0.2, -0.15) is 0 Å². The van der Waals surface area contributed by atoms with E-state index in [-0.39, 0.29) is 18.1 Å². The highest BCUT2D eigenvalue weighted by atomic mass is 16.4. The number of benzene rings is 1. The normalized spacial score (nSPS) is 19.4. The first-order valence-corrected chi connectivity index (χ1v) is 6.18. The fourth-order valence-corrected chi connectivity index (χ4v) is 2.30. The highest BCUT2D eigenvalue weighted by Crippen LogP contribution is 2.30. The van der Waals surface area contributed by atoms with E-state index in [2.05, 4.69) is 0 Å². The summed E-state index contributed by atoms with van der Waals surface area (Å²) in [6.45, 7) is 0. The number of allylic oxidation sites excluding steroid dienone is 2. The summed E-state index contributed by atoms with van der Waals surface area (Å²) in [6, 6.07) is 9.85. The van der Waals surface area contributed by atoms with Gasteiger partial charge in [0.25, 0.3) is 0 Å². The molecule has 1 unspecified atom stereocenters. The average molecular weight is 244 g/mol. The van der Waals surface area contributed by atoms with E-state index in [0.29, 0.717) is 6.42 Å². The number of hydrogen-bond acceptors (Lipinski definition) is 2. The number of carbonyl (C=O) groups excluding carboxylic acids is 1. The third-order valence-electron chi connectivity index (χ3n) is 3.33. The van der Waals surface area contributed by atoms with Crippen LogP contribution < -0.4 is 0 Å². The number of carboxylic acid groups (broad SMARTS) is 1. The molecule has 3 heteroatoms. The maximum Gasteiger partial charge on any atom is 0.303 e. The summed E-state index contributed by atoms with van der Waals surface area (Å²) in [4.78, 5) is 22.4. The number of hydrogen-bond donors (Lipinski definition) is 1. The summed E-state index contributed by atoms with van der Waals surface area (Å²) in [5.74, 6) is -0.879. The largest absolute Gasteiger partial charge is 0.481 e. The van der Waals surface area contributed by atoms with E-state index >= 15 is 0 Å². The van der Waals surface area contributed by atoms with Gasteiger partial charge in [0, 0.05) is 12.3 Å². The number of carbonyl (C=O) groups is 2. The third-order valence-corrected chi connectivity index (χ3v) is 3.33. The second kappa shape index (κ2) is 5.63. The fraction of sp³-hybridized carbons (Fsp3) is 0.333. The van der Waals surface area contributed by atoms with Gasteiger partial charge < -0.3 is 5.11 Å². The molecule has 3 nitrogen and oxygen atoms in total. The SMILES string of the molecule is O=C(O)CCC1CCC(c2ccccc2)=CC1=O. The van der Waals surface area contributed by atoms with Gasteiger partial charge in [-0.3, -0.25) is 9.59 Å². The first-order valence-electron chi connectivity index (χ1n) is 6.18. The van der Waals surface area contributed by atoms with E-state index in [0.717, 1.165) is 24.0 Å². The van der Waals surface area contributed by atoms with Crippen molar-refractivity contribution in [2.75, 3.05) is 0 Å². The lowest BCUT2D eigenvalue weighted by Crippen LogP contribution is -2.18. The molecule has 2 rings (SSSR count). The molecule has 0 aliphatic heterocycles. The van der Waals surface area contributed by atoms with Gasteiger partial charge in [0.05, 0.1) is 0 Å². The lowest BCUT2D eigenvalue weighted by molar-refractivity contribution is -0.137. The number of carboxylic acids is 1. The molecule has 0 radical (unpaired) electrons. The highest BCUT2D eigenvalue weighted by Gasteiger charge is 2.23. The molecule has 0 bridgehead atoms. The molecule has 0 spiro atoms. The molecule has 0 saturated heterocycles. The van der Waals surface area contributed by atoms with E-state index in [1.807, 2.05) is 30.3 Å². The zero-order valence-corrected chi connectivity index (χ0v) is 10.1. The lowest BCUT2D eigenvalue weighted by Gasteiger charge is -2.20. The number of aliphatic carboxylic acids is 1. The maximum atomic E-state index is 11.9. The minimum absolute atomic E-state index is 0.0707. The first kappa shape index (κ1) is 12.6. The Hall–Kier alpha value is -1.90. The van der Waals surface area contributed by atoms with Crippen molar-refractivity contribution in [3.05, 3.63) is 42.0 Å². The second-order valence-electron chi connectivity index (χ2n) is 4.61. The molecule has 0 fully saturated rings. The van der Waals surface area contributed by atoms with E-state index < -0.39 is 5.97 Å². The summed E-state index contributed by atoms with van der Waals surface area (Å²) in [7, 11) is 0. The molecule has 0 saturated carbocycles. The van der Waals surface area contributed by atoms with Crippen molar-refractivity contribution in [3.8, 4) is 0 Å². The van der Waals surface area contributed by atoms with Crippen LogP contribution in [-0.2, 0) is 9.59 Å². The van der Waals surface area contributed by atoms with Crippen molar-refractivity contribution in [2.45, 2.75) is 25.7 Å². The zero-order chi connectivity index (χ0) is 13.0. The minimum atomic E-state index is -0.833. The summed E-state index contributed by atoms with van der Waals surface area (Å²) in [5.41, 5.74) is 2.15. The Morgan fingerprint density at radius 3 is 2.61 bits per heavy atom. The van der Waals surface area contributed by atoms with Crippen molar-refractivity contribution in [2.24, 2.45) is 5.92 Å². The average Bonchev–Trinajstić information content (AvgIpc) is 2.38. The molecule has 1 aliphatic carbocycles. The van der Waals surface area contributed by atoms with Crippen LogP contribution in [0.1, 0.15) is 31.2 Å². The first-order chi connectivity index (χ1) is 8.66. The van der Waals surface area contributed by atoms with Crippen LogP contribution >= 0.6 is 0 Å². The Morgan fingerprint density at radius 1 is 1.28 bits per heavy atom. The molecule has 1 aromatic rings. The smallest absolute Gasteiger partial charge is 0.303 e. The van der Waals surface area contributed by atoms with E-state index in [4.69, 9.17) is 5.11 Å². The van der Waals surface area contributed by atoms with Gasteiger partial charge >= 0.3 is 5.97 Å². The molecule has 1 aliphatic rings. The molecule has 1 aromatic carbocycles. The Morgan fingerprint density at radius 2 is 2.00 bits per heavy atom. The van der Waals surface area contributed by atoms with Crippen molar-refractivity contribution < 1.29 is 14.7 Å². The predicted molar refractivity (Wildman–Crippen MR) is 69.0 cm³/mol. The summed E-state index contributed by atoms with van der Waals surface area (Å²) < 4.78 is 0. The van der Waals surface area contributed by atoms with Gasteiger partial charge in [-0.1, -0.05) is 30.3 Å². The van der Waals surface area contributed by atoms with Crippen molar-refractivity contribution in [3.63, 3.8) is 0 Å². The molecule has 94 valence electrons. The van der Waals surface area contributed by atoms with Crippen LogP contribution in [0.5, 0.6) is 0 Å².